The molecule has 7 heteroatoms. The number of hydrogen-bond donors (Lipinski definition) is 1. The number of benzene rings is 1. The van der Waals surface area contributed by atoms with E-state index in [1.165, 1.54) is 11.0 Å². The van der Waals surface area contributed by atoms with Crippen molar-refractivity contribution in [2.75, 3.05) is 12.4 Å². The summed E-state index contributed by atoms with van der Waals surface area (Å²) in [5, 5.41) is 13.3. The highest BCUT2D eigenvalue weighted by Gasteiger charge is 2.32. The molecule has 0 saturated carbocycles. The monoisotopic (exact) mass is 550 g/mol. The first-order valence-corrected chi connectivity index (χ1v) is 12.1. The zero-order valence-electron chi connectivity index (χ0n) is 17.4. The fraction of sp³-hybridized carbons (Fsp3) is 0.391. The number of halogens is 2. The number of carbonyl (C=O) groups is 1. The zero-order valence-corrected chi connectivity index (χ0v) is 21.4. The first kappa shape index (κ1) is 23.1. The van der Waals surface area contributed by atoms with E-state index in [1.54, 1.807) is 24.5 Å². The minimum absolute atomic E-state index is 0.234. The van der Waals surface area contributed by atoms with Gasteiger partial charge in [0.25, 0.3) is 0 Å². The lowest BCUT2D eigenvalue weighted by Gasteiger charge is -2.33. The molecule has 158 valence electrons. The van der Waals surface area contributed by atoms with Crippen LogP contribution in [0.4, 0.5) is 5.00 Å². The van der Waals surface area contributed by atoms with Crippen LogP contribution in [0, 0.1) is 22.7 Å². The van der Waals surface area contributed by atoms with Gasteiger partial charge in [-0.15, -0.1) is 11.3 Å². The van der Waals surface area contributed by atoms with Gasteiger partial charge < -0.3 is 10.1 Å². The molecule has 3 rings (SSSR count). The average Bonchev–Trinajstić information content (AvgIpc) is 3.01. The average molecular weight is 552 g/mol. The summed E-state index contributed by atoms with van der Waals surface area (Å²) in [4.78, 5) is 13.8. The van der Waals surface area contributed by atoms with Gasteiger partial charge in [-0.05, 0) is 70.3 Å². The van der Waals surface area contributed by atoms with Gasteiger partial charge in [0.1, 0.15) is 16.8 Å². The quantitative estimate of drug-likeness (QED) is 0.418. The van der Waals surface area contributed by atoms with Crippen LogP contribution >= 0.6 is 43.2 Å². The highest BCUT2D eigenvalue weighted by molar-refractivity contribution is 9.11. The van der Waals surface area contributed by atoms with Crippen molar-refractivity contribution >= 4 is 60.2 Å². The number of rotatable bonds is 4. The number of fused-ring (bicyclic) bond motifs is 1. The molecule has 2 aromatic rings. The summed E-state index contributed by atoms with van der Waals surface area (Å²) in [6.45, 7) is 6.80. The largest absolute Gasteiger partial charge is 0.495 e. The third-order valence-corrected chi connectivity index (χ3v) is 7.71. The molecule has 1 amide bonds. The van der Waals surface area contributed by atoms with E-state index in [-0.39, 0.29) is 11.3 Å². The molecule has 1 N–H and O–H groups in total. The number of nitrogens with zero attached hydrogens (tertiary/aromatic N) is 1. The van der Waals surface area contributed by atoms with Crippen LogP contribution in [0.2, 0.25) is 0 Å². The Hall–Kier alpha value is -1.62. The van der Waals surface area contributed by atoms with Crippen molar-refractivity contribution in [3.63, 3.8) is 0 Å². The van der Waals surface area contributed by atoms with Crippen LogP contribution in [0.5, 0.6) is 5.75 Å². The number of ether oxygens (including phenoxy) is 1. The molecular formula is C23H24Br2N2O2S. The number of nitrogens with one attached hydrogen (secondary N) is 1. The predicted octanol–water partition coefficient (Wildman–Crippen LogP) is 6.96. The Balaban J connectivity index is 1.81. The van der Waals surface area contributed by atoms with E-state index in [9.17, 15) is 10.1 Å². The lowest BCUT2D eigenvalue weighted by Crippen LogP contribution is -2.26. The van der Waals surface area contributed by atoms with E-state index in [2.05, 4.69) is 64.0 Å². The molecule has 0 bridgehead atoms. The molecule has 1 aliphatic rings. The van der Waals surface area contributed by atoms with Crippen molar-refractivity contribution in [1.29, 1.82) is 5.26 Å². The Labute approximate surface area is 198 Å². The second-order valence-corrected chi connectivity index (χ2v) is 11.3. The van der Waals surface area contributed by atoms with Gasteiger partial charge in [0.05, 0.1) is 17.1 Å². The van der Waals surface area contributed by atoms with Crippen LogP contribution in [0.25, 0.3) is 6.08 Å². The molecule has 1 aliphatic carbocycles. The highest BCUT2D eigenvalue weighted by atomic mass is 79.9. The summed E-state index contributed by atoms with van der Waals surface area (Å²) in [7, 11) is 1.59. The summed E-state index contributed by atoms with van der Waals surface area (Å²) < 4.78 is 7.09. The number of thiophene rings is 1. The van der Waals surface area contributed by atoms with E-state index in [0.29, 0.717) is 22.2 Å². The smallest absolute Gasteiger partial charge is 0.249 e. The molecule has 0 radical (unpaired) electrons. The minimum atomic E-state index is -0.268. The van der Waals surface area contributed by atoms with Crippen molar-refractivity contribution in [1.82, 2.24) is 0 Å². The van der Waals surface area contributed by atoms with Crippen LogP contribution < -0.4 is 10.1 Å². The maximum absolute atomic E-state index is 12.6. The molecule has 0 aliphatic heterocycles. The van der Waals surface area contributed by atoms with Crippen LogP contribution in [0.15, 0.2) is 27.2 Å². The number of methoxy groups -OCH3 is 1. The van der Waals surface area contributed by atoms with Crippen molar-refractivity contribution in [2.24, 2.45) is 11.3 Å². The van der Waals surface area contributed by atoms with E-state index < -0.39 is 0 Å². The van der Waals surface area contributed by atoms with Crippen LogP contribution in [-0.4, -0.2) is 13.0 Å². The fourth-order valence-corrected chi connectivity index (χ4v) is 6.47. The second kappa shape index (κ2) is 9.25. The molecule has 0 spiro atoms. The molecule has 1 aromatic heterocycles. The molecule has 1 unspecified atom stereocenters. The first-order chi connectivity index (χ1) is 14.1. The fourth-order valence-electron chi connectivity index (χ4n) is 3.77. The van der Waals surface area contributed by atoms with Crippen molar-refractivity contribution < 1.29 is 9.53 Å². The standard InChI is InChI=1S/C23H24Br2N2O2S/c1-23(2,3)14-6-7-16-17(12-26)22(30-19(16)10-14)27-20(28)8-5-13-9-15(24)11-18(25)21(13)29-4/h5,8-9,11,14H,6-7,10H2,1-4H3,(H,27,28)/b8-5+. The predicted molar refractivity (Wildman–Crippen MR) is 130 cm³/mol. The molecule has 1 aromatic carbocycles. The van der Waals surface area contributed by atoms with Crippen molar-refractivity contribution in [3.05, 3.63) is 48.7 Å². The lowest BCUT2D eigenvalue weighted by molar-refractivity contribution is -0.111. The summed E-state index contributed by atoms with van der Waals surface area (Å²) in [6.07, 6.45) is 6.11. The molecule has 30 heavy (non-hydrogen) atoms. The molecule has 4 nitrogen and oxygen atoms in total. The maximum atomic E-state index is 12.6. The molecule has 0 saturated heterocycles. The van der Waals surface area contributed by atoms with Crippen LogP contribution in [0.3, 0.4) is 0 Å². The first-order valence-electron chi connectivity index (χ1n) is 9.70. The van der Waals surface area contributed by atoms with Crippen molar-refractivity contribution in [2.45, 2.75) is 40.0 Å². The van der Waals surface area contributed by atoms with Crippen LogP contribution in [0.1, 0.15) is 48.8 Å². The van der Waals surface area contributed by atoms with Gasteiger partial charge in [0.15, 0.2) is 0 Å². The van der Waals surface area contributed by atoms with Crippen LogP contribution in [-0.2, 0) is 17.6 Å². The topological polar surface area (TPSA) is 62.1 Å². The van der Waals surface area contributed by atoms with Gasteiger partial charge in [0, 0.05) is 21.0 Å². The molecule has 1 atom stereocenters. The zero-order chi connectivity index (χ0) is 22.1. The van der Waals surface area contributed by atoms with E-state index >= 15 is 0 Å². The lowest BCUT2D eigenvalue weighted by atomic mass is 9.72. The second-order valence-electron chi connectivity index (χ2n) is 8.46. The Morgan fingerprint density at radius 3 is 2.73 bits per heavy atom. The van der Waals surface area contributed by atoms with Gasteiger partial charge >= 0.3 is 0 Å². The number of nitriles is 1. The molecular weight excluding hydrogens is 528 g/mol. The van der Waals surface area contributed by atoms with E-state index in [4.69, 9.17) is 4.74 Å². The van der Waals surface area contributed by atoms with Crippen molar-refractivity contribution in [3.8, 4) is 11.8 Å². The third-order valence-electron chi connectivity index (χ3n) is 5.49. The Bertz CT molecular complexity index is 1040. The maximum Gasteiger partial charge on any atom is 0.249 e. The number of anilines is 1. The Kier molecular flexibility index (Phi) is 7.11. The van der Waals surface area contributed by atoms with E-state index in [0.717, 1.165) is 39.3 Å². The number of amides is 1. The van der Waals surface area contributed by atoms with Gasteiger partial charge in [-0.25, -0.2) is 0 Å². The molecule has 1 heterocycles. The Morgan fingerprint density at radius 2 is 2.10 bits per heavy atom. The summed E-state index contributed by atoms with van der Waals surface area (Å²) in [5.41, 5.74) is 2.73. The summed E-state index contributed by atoms with van der Waals surface area (Å²) >= 11 is 8.46. The SMILES string of the molecule is COc1c(Br)cc(Br)cc1/C=C/C(=O)Nc1sc2c(c1C#N)CCC(C(C)(C)C)C2. The third kappa shape index (κ3) is 4.99. The summed E-state index contributed by atoms with van der Waals surface area (Å²) in [5.74, 6) is 0.969. The normalized spacial score (nSPS) is 16.2. The van der Waals surface area contributed by atoms with Gasteiger partial charge in [-0.2, -0.15) is 5.26 Å². The highest BCUT2D eigenvalue weighted by Crippen LogP contribution is 2.44. The minimum Gasteiger partial charge on any atom is -0.495 e. The van der Waals surface area contributed by atoms with Gasteiger partial charge in [0.2, 0.25) is 5.91 Å². The Morgan fingerprint density at radius 1 is 1.37 bits per heavy atom. The number of carbonyl (C=O) groups excluding carboxylic acids is 1. The number of hydrogen-bond acceptors (Lipinski definition) is 4. The van der Waals surface area contributed by atoms with E-state index in [1.807, 2.05) is 12.1 Å². The molecule has 0 fully saturated rings. The van der Waals surface area contributed by atoms with Gasteiger partial charge in [-0.3, -0.25) is 4.79 Å². The van der Waals surface area contributed by atoms with Gasteiger partial charge in [-0.1, -0.05) is 36.7 Å². The summed E-state index contributed by atoms with van der Waals surface area (Å²) in [6, 6.07) is 6.07.